The van der Waals surface area contributed by atoms with Crippen LogP contribution in [0.15, 0.2) is 17.8 Å². The van der Waals surface area contributed by atoms with Crippen molar-refractivity contribution in [1.82, 2.24) is 10.2 Å². The van der Waals surface area contributed by atoms with Gasteiger partial charge in [0.15, 0.2) is 11.5 Å². The highest BCUT2D eigenvalue weighted by Gasteiger charge is 2.32. The second-order valence-electron chi connectivity index (χ2n) is 4.73. The van der Waals surface area contributed by atoms with E-state index in [0.717, 1.165) is 14.0 Å². The van der Waals surface area contributed by atoms with Gasteiger partial charge in [0.05, 0.1) is 16.8 Å². The molecule has 0 bridgehead atoms. The lowest BCUT2D eigenvalue weighted by Gasteiger charge is -2.13. The maximum atomic E-state index is 12.1. The Morgan fingerprint density at radius 1 is 1.17 bits per heavy atom. The molecule has 1 fully saturated rings. The van der Waals surface area contributed by atoms with Crippen LogP contribution in [0.5, 0.6) is 11.5 Å². The van der Waals surface area contributed by atoms with Gasteiger partial charge in [0.1, 0.15) is 5.70 Å². The Hall–Kier alpha value is -1.77. The molecule has 0 spiro atoms. The van der Waals surface area contributed by atoms with Gasteiger partial charge < -0.3 is 14.8 Å². The average Bonchev–Trinajstić information content (AvgIpc) is 2.77. The van der Waals surface area contributed by atoms with E-state index in [0.29, 0.717) is 31.3 Å². The first kappa shape index (κ1) is 17.6. The first-order valence-electron chi connectivity index (χ1n) is 7.45. The van der Waals surface area contributed by atoms with Crippen LogP contribution >= 0.6 is 22.6 Å². The van der Waals surface area contributed by atoms with Gasteiger partial charge in [0.2, 0.25) is 0 Å². The minimum Gasteiger partial charge on any atom is -0.490 e. The molecule has 1 aromatic carbocycles. The summed E-state index contributed by atoms with van der Waals surface area (Å²) in [6, 6.07) is 3.29. The van der Waals surface area contributed by atoms with Crippen molar-refractivity contribution in [3.05, 3.63) is 27.0 Å². The lowest BCUT2D eigenvalue weighted by Crippen LogP contribution is -2.30. The highest BCUT2D eigenvalue weighted by atomic mass is 127. The zero-order valence-corrected chi connectivity index (χ0v) is 15.5. The van der Waals surface area contributed by atoms with E-state index in [1.807, 2.05) is 19.9 Å². The number of rotatable bonds is 6. The molecule has 0 atom stereocenters. The third-order valence-electron chi connectivity index (χ3n) is 3.21. The number of carbonyl (C=O) groups excluding carboxylic acids is 2. The molecular formula is C16H19IN2O4. The third-order valence-corrected chi connectivity index (χ3v) is 4.01. The minimum atomic E-state index is -0.394. The Bertz CT molecular complexity index is 658. The Balaban J connectivity index is 2.39. The molecule has 1 saturated heterocycles. The summed E-state index contributed by atoms with van der Waals surface area (Å²) in [5.74, 6) is 0.991. The van der Waals surface area contributed by atoms with E-state index in [9.17, 15) is 9.59 Å². The fraction of sp³-hybridized carbons (Fsp3) is 0.375. The predicted octanol–water partition coefficient (Wildman–Crippen LogP) is 3.00. The van der Waals surface area contributed by atoms with Crippen LogP contribution in [0.25, 0.3) is 6.08 Å². The summed E-state index contributed by atoms with van der Waals surface area (Å²) in [6.45, 7) is 6.95. The van der Waals surface area contributed by atoms with Crippen LogP contribution in [0.4, 0.5) is 4.79 Å². The molecule has 124 valence electrons. The van der Waals surface area contributed by atoms with E-state index >= 15 is 0 Å². The normalized spacial score (nSPS) is 16.0. The van der Waals surface area contributed by atoms with E-state index in [1.165, 1.54) is 0 Å². The molecule has 1 aromatic rings. The van der Waals surface area contributed by atoms with Gasteiger partial charge in [-0.1, -0.05) is 0 Å². The third kappa shape index (κ3) is 3.77. The molecule has 1 aliphatic rings. The summed E-state index contributed by atoms with van der Waals surface area (Å²) in [5, 5.41) is 2.59. The topological polar surface area (TPSA) is 67.9 Å². The fourth-order valence-corrected chi connectivity index (χ4v) is 3.03. The van der Waals surface area contributed by atoms with Crippen molar-refractivity contribution >= 4 is 40.6 Å². The molecule has 0 radical (unpaired) electrons. The van der Waals surface area contributed by atoms with E-state index < -0.39 is 6.03 Å². The highest BCUT2D eigenvalue weighted by Crippen LogP contribution is 2.35. The molecule has 2 rings (SSSR count). The molecule has 1 aliphatic heterocycles. The molecule has 0 aliphatic carbocycles. The summed E-state index contributed by atoms with van der Waals surface area (Å²) in [5.41, 5.74) is 1.03. The van der Waals surface area contributed by atoms with Crippen molar-refractivity contribution in [2.24, 2.45) is 0 Å². The zero-order chi connectivity index (χ0) is 17.0. The van der Waals surface area contributed by atoms with Gasteiger partial charge in [-0.3, -0.25) is 9.69 Å². The quantitative estimate of drug-likeness (QED) is 0.428. The fourth-order valence-electron chi connectivity index (χ4n) is 2.24. The van der Waals surface area contributed by atoms with Gasteiger partial charge in [-0.25, -0.2) is 4.79 Å². The van der Waals surface area contributed by atoms with Crippen LogP contribution < -0.4 is 14.8 Å². The minimum absolute atomic E-state index is 0.263. The summed E-state index contributed by atoms with van der Waals surface area (Å²) in [6.07, 6.45) is 1.65. The monoisotopic (exact) mass is 430 g/mol. The smallest absolute Gasteiger partial charge is 0.328 e. The van der Waals surface area contributed by atoms with Gasteiger partial charge in [0, 0.05) is 6.54 Å². The number of likely N-dealkylation sites (N-methyl/N-ethyl adjacent to an activating group) is 1. The second kappa shape index (κ2) is 7.67. The summed E-state index contributed by atoms with van der Waals surface area (Å²) in [7, 11) is 0. The van der Waals surface area contributed by atoms with E-state index in [4.69, 9.17) is 9.47 Å². The standard InChI is InChI=1S/C16H19IN2O4/c1-4-19-15(20)12(18-16(19)21)8-10-7-11(17)14(23-6-3)13(9-10)22-5-2/h7-9H,4-6H2,1-3H3,(H,18,21). The van der Waals surface area contributed by atoms with Crippen molar-refractivity contribution in [3.63, 3.8) is 0 Å². The maximum absolute atomic E-state index is 12.1. The molecule has 1 N–H and O–H groups in total. The van der Waals surface area contributed by atoms with Crippen molar-refractivity contribution in [2.75, 3.05) is 19.8 Å². The van der Waals surface area contributed by atoms with Crippen molar-refractivity contribution in [3.8, 4) is 11.5 Å². The number of carbonyl (C=O) groups is 2. The molecule has 0 aromatic heterocycles. The summed E-state index contributed by atoms with van der Waals surface area (Å²) >= 11 is 2.17. The number of amides is 3. The van der Waals surface area contributed by atoms with Crippen LogP contribution in [0.2, 0.25) is 0 Å². The Morgan fingerprint density at radius 2 is 1.87 bits per heavy atom. The Kier molecular flexibility index (Phi) is 5.86. The molecule has 7 heteroatoms. The van der Waals surface area contributed by atoms with E-state index in [1.54, 1.807) is 19.1 Å². The first-order valence-corrected chi connectivity index (χ1v) is 8.53. The zero-order valence-electron chi connectivity index (χ0n) is 13.3. The molecule has 3 amide bonds. The predicted molar refractivity (Wildman–Crippen MR) is 95.4 cm³/mol. The average molecular weight is 430 g/mol. The first-order chi connectivity index (χ1) is 11.0. The number of imide groups is 1. The van der Waals surface area contributed by atoms with Gasteiger partial charge in [0.25, 0.3) is 5.91 Å². The number of nitrogens with one attached hydrogen (secondary N) is 1. The highest BCUT2D eigenvalue weighted by molar-refractivity contribution is 14.1. The molecule has 0 unspecified atom stereocenters. The largest absolute Gasteiger partial charge is 0.490 e. The summed E-state index contributed by atoms with van der Waals surface area (Å²) < 4.78 is 12.1. The lowest BCUT2D eigenvalue weighted by atomic mass is 10.1. The number of hydrogen-bond acceptors (Lipinski definition) is 4. The molecule has 1 heterocycles. The van der Waals surface area contributed by atoms with Crippen molar-refractivity contribution in [2.45, 2.75) is 20.8 Å². The van der Waals surface area contributed by atoms with Crippen LogP contribution in [-0.2, 0) is 4.79 Å². The molecule has 0 saturated carbocycles. The van der Waals surface area contributed by atoms with Crippen LogP contribution in [-0.4, -0.2) is 36.6 Å². The van der Waals surface area contributed by atoms with Crippen LogP contribution in [0.3, 0.4) is 0 Å². The number of hydrogen-bond donors (Lipinski definition) is 1. The number of benzene rings is 1. The second-order valence-corrected chi connectivity index (χ2v) is 5.90. The lowest BCUT2D eigenvalue weighted by molar-refractivity contribution is -0.122. The van der Waals surface area contributed by atoms with Crippen molar-refractivity contribution < 1.29 is 19.1 Å². The van der Waals surface area contributed by atoms with Gasteiger partial charge >= 0.3 is 6.03 Å². The number of halogens is 1. The van der Waals surface area contributed by atoms with Crippen LogP contribution in [0.1, 0.15) is 26.3 Å². The van der Waals surface area contributed by atoms with E-state index in [2.05, 4.69) is 27.9 Å². The Morgan fingerprint density at radius 3 is 2.43 bits per heavy atom. The molecule has 6 nitrogen and oxygen atoms in total. The van der Waals surface area contributed by atoms with Gasteiger partial charge in [-0.05, 0) is 67.1 Å². The number of ether oxygens (including phenoxy) is 2. The van der Waals surface area contributed by atoms with Gasteiger partial charge in [-0.2, -0.15) is 0 Å². The molecule has 23 heavy (non-hydrogen) atoms. The number of urea groups is 1. The van der Waals surface area contributed by atoms with E-state index in [-0.39, 0.29) is 11.6 Å². The number of nitrogens with zero attached hydrogens (tertiary/aromatic N) is 1. The maximum Gasteiger partial charge on any atom is 0.328 e. The Labute approximate surface area is 149 Å². The van der Waals surface area contributed by atoms with Gasteiger partial charge in [-0.15, -0.1) is 0 Å². The molecular weight excluding hydrogens is 411 g/mol. The van der Waals surface area contributed by atoms with Crippen molar-refractivity contribution in [1.29, 1.82) is 0 Å². The SMILES string of the molecule is CCOc1cc(C=C2NC(=O)N(CC)C2=O)cc(I)c1OCC. The van der Waals surface area contributed by atoms with Crippen LogP contribution in [0, 0.1) is 3.57 Å². The summed E-state index contributed by atoms with van der Waals surface area (Å²) in [4.78, 5) is 25.0.